The van der Waals surface area contributed by atoms with E-state index in [1.807, 2.05) is 22.9 Å². The first kappa shape index (κ1) is 11.7. The fourth-order valence-electron chi connectivity index (χ4n) is 2.03. The molecule has 19 heavy (non-hydrogen) atoms. The molecule has 0 fully saturated rings. The van der Waals surface area contributed by atoms with E-state index in [-0.39, 0.29) is 5.82 Å². The van der Waals surface area contributed by atoms with Crippen molar-refractivity contribution in [2.75, 3.05) is 0 Å². The van der Waals surface area contributed by atoms with Gasteiger partial charge in [0.25, 0.3) is 0 Å². The summed E-state index contributed by atoms with van der Waals surface area (Å²) in [6, 6.07) is 14.6. The Bertz CT molecular complexity index is 622. The van der Waals surface area contributed by atoms with Gasteiger partial charge in [-0.05, 0) is 43.3 Å². The maximum absolute atomic E-state index is 13.0. The van der Waals surface area contributed by atoms with Gasteiger partial charge in [0.1, 0.15) is 11.6 Å². The Morgan fingerprint density at radius 2 is 1.63 bits per heavy atom. The summed E-state index contributed by atoms with van der Waals surface area (Å²) in [4.78, 5) is 4.36. The number of nitrogens with zero attached hydrogens (tertiary/aromatic N) is 2. The highest BCUT2D eigenvalue weighted by molar-refractivity contribution is 5.58. The summed E-state index contributed by atoms with van der Waals surface area (Å²) in [5.74, 6) is 0.570. The molecule has 0 radical (unpaired) electrons. The highest BCUT2D eigenvalue weighted by Crippen LogP contribution is 2.21. The zero-order chi connectivity index (χ0) is 13.2. The van der Waals surface area contributed by atoms with Gasteiger partial charge in [0.2, 0.25) is 0 Å². The Kier molecular flexibility index (Phi) is 2.88. The van der Waals surface area contributed by atoms with Gasteiger partial charge in [-0.1, -0.05) is 17.7 Å². The lowest BCUT2D eigenvalue weighted by molar-refractivity contribution is 0.628. The van der Waals surface area contributed by atoms with Crippen molar-refractivity contribution in [3.05, 3.63) is 72.3 Å². The fourth-order valence-corrected chi connectivity index (χ4v) is 2.03. The van der Waals surface area contributed by atoms with Crippen molar-refractivity contribution in [3.8, 4) is 17.1 Å². The molecule has 0 saturated heterocycles. The van der Waals surface area contributed by atoms with E-state index in [2.05, 4.69) is 24.0 Å². The summed E-state index contributed by atoms with van der Waals surface area (Å²) in [7, 11) is 0. The third-order valence-corrected chi connectivity index (χ3v) is 3.06. The zero-order valence-electron chi connectivity index (χ0n) is 10.5. The highest BCUT2D eigenvalue weighted by Gasteiger charge is 2.07. The number of rotatable bonds is 2. The summed E-state index contributed by atoms with van der Waals surface area (Å²) in [6.07, 6.45) is 3.65. The SMILES string of the molecule is Cc1ccc(-n2ccnc2-c2ccc(F)cc2)cc1. The molecular formula is C16H13FN2. The maximum atomic E-state index is 13.0. The summed E-state index contributed by atoms with van der Waals surface area (Å²) in [5, 5.41) is 0. The Morgan fingerprint density at radius 1 is 0.947 bits per heavy atom. The van der Waals surface area contributed by atoms with Crippen LogP contribution >= 0.6 is 0 Å². The van der Waals surface area contributed by atoms with Crippen molar-refractivity contribution in [1.82, 2.24) is 9.55 Å². The second-order valence-corrected chi connectivity index (χ2v) is 4.46. The third kappa shape index (κ3) is 2.27. The van der Waals surface area contributed by atoms with E-state index in [1.165, 1.54) is 17.7 Å². The summed E-state index contributed by atoms with van der Waals surface area (Å²) in [5.41, 5.74) is 3.15. The normalized spacial score (nSPS) is 10.6. The lowest BCUT2D eigenvalue weighted by atomic mass is 10.2. The molecule has 3 rings (SSSR count). The van der Waals surface area contributed by atoms with E-state index in [4.69, 9.17) is 0 Å². The first-order valence-corrected chi connectivity index (χ1v) is 6.10. The molecule has 0 spiro atoms. The molecule has 94 valence electrons. The molecule has 1 aromatic heterocycles. The Hall–Kier alpha value is -2.42. The number of imidazole rings is 1. The van der Waals surface area contributed by atoms with Gasteiger partial charge in [0, 0.05) is 23.6 Å². The van der Waals surface area contributed by atoms with Crippen LogP contribution in [0.5, 0.6) is 0 Å². The molecule has 0 aliphatic rings. The molecule has 0 amide bonds. The molecule has 0 aliphatic heterocycles. The van der Waals surface area contributed by atoms with E-state index >= 15 is 0 Å². The first-order chi connectivity index (χ1) is 9.24. The average Bonchev–Trinajstić information content (AvgIpc) is 2.90. The van der Waals surface area contributed by atoms with Crippen LogP contribution in [0.4, 0.5) is 4.39 Å². The predicted molar refractivity (Wildman–Crippen MR) is 73.7 cm³/mol. The molecule has 0 atom stereocenters. The van der Waals surface area contributed by atoms with Crippen molar-refractivity contribution >= 4 is 0 Å². The first-order valence-electron chi connectivity index (χ1n) is 6.10. The lowest BCUT2D eigenvalue weighted by Gasteiger charge is -2.08. The number of hydrogen-bond donors (Lipinski definition) is 0. The summed E-state index contributed by atoms with van der Waals surface area (Å²) in [6.45, 7) is 2.05. The summed E-state index contributed by atoms with van der Waals surface area (Å²) >= 11 is 0. The monoisotopic (exact) mass is 252 g/mol. The highest BCUT2D eigenvalue weighted by atomic mass is 19.1. The molecule has 0 bridgehead atoms. The molecule has 0 N–H and O–H groups in total. The molecule has 3 aromatic rings. The fraction of sp³-hybridized carbons (Fsp3) is 0.0625. The van der Waals surface area contributed by atoms with E-state index in [1.54, 1.807) is 18.3 Å². The van der Waals surface area contributed by atoms with Gasteiger partial charge < -0.3 is 0 Å². The van der Waals surface area contributed by atoms with Crippen LogP contribution in [0.3, 0.4) is 0 Å². The van der Waals surface area contributed by atoms with Gasteiger partial charge in [0.05, 0.1) is 0 Å². The molecule has 0 unspecified atom stereocenters. The molecule has 0 aliphatic carbocycles. The van der Waals surface area contributed by atoms with Crippen molar-refractivity contribution < 1.29 is 4.39 Å². The average molecular weight is 252 g/mol. The van der Waals surface area contributed by atoms with Gasteiger partial charge in [-0.2, -0.15) is 0 Å². The van der Waals surface area contributed by atoms with Crippen LogP contribution in [-0.4, -0.2) is 9.55 Å². The topological polar surface area (TPSA) is 17.8 Å². The Labute approximate surface area is 111 Å². The van der Waals surface area contributed by atoms with Crippen LogP contribution in [0, 0.1) is 12.7 Å². The maximum Gasteiger partial charge on any atom is 0.144 e. The largest absolute Gasteiger partial charge is 0.300 e. The number of halogens is 1. The molecule has 0 saturated carbocycles. The van der Waals surface area contributed by atoms with E-state index in [0.717, 1.165) is 17.1 Å². The van der Waals surface area contributed by atoms with E-state index in [9.17, 15) is 4.39 Å². The minimum Gasteiger partial charge on any atom is -0.300 e. The van der Waals surface area contributed by atoms with Crippen LogP contribution in [0.2, 0.25) is 0 Å². The minimum atomic E-state index is -0.239. The Balaban J connectivity index is 2.07. The van der Waals surface area contributed by atoms with Crippen LogP contribution in [-0.2, 0) is 0 Å². The van der Waals surface area contributed by atoms with Crippen LogP contribution in [0.15, 0.2) is 60.9 Å². The van der Waals surface area contributed by atoms with Crippen LogP contribution < -0.4 is 0 Å². The number of aryl methyl sites for hydroxylation is 1. The molecular weight excluding hydrogens is 239 g/mol. The third-order valence-electron chi connectivity index (χ3n) is 3.06. The van der Waals surface area contributed by atoms with Crippen molar-refractivity contribution in [3.63, 3.8) is 0 Å². The van der Waals surface area contributed by atoms with Gasteiger partial charge >= 0.3 is 0 Å². The van der Waals surface area contributed by atoms with Crippen LogP contribution in [0.1, 0.15) is 5.56 Å². The standard InChI is InChI=1S/C16H13FN2/c1-12-2-8-15(9-3-12)19-11-10-18-16(19)13-4-6-14(17)7-5-13/h2-11H,1H3. The van der Waals surface area contributed by atoms with Crippen molar-refractivity contribution in [1.29, 1.82) is 0 Å². The van der Waals surface area contributed by atoms with Crippen molar-refractivity contribution in [2.45, 2.75) is 6.92 Å². The summed E-state index contributed by atoms with van der Waals surface area (Å²) < 4.78 is 15.0. The van der Waals surface area contributed by atoms with Crippen LogP contribution in [0.25, 0.3) is 17.1 Å². The number of hydrogen-bond acceptors (Lipinski definition) is 1. The van der Waals surface area contributed by atoms with E-state index in [0.29, 0.717) is 0 Å². The predicted octanol–water partition coefficient (Wildman–Crippen LogP) is 3.99. The van der Waals surface area contributed by atoms with Gasteiger partial charge in [-0.3, -0.25) is 4.57 Å². The lowest BCUT2D eigenvalue weighted by Crippen LogP contribution is -1.96. The molecule has 3 heteroatoms. The second-order valence-electron chi connectivity index (χ2n) is 4.46. The number of aromatic nitrogens is 2. The van der Waals surface area contributed by atoms with Gasteiger partial charge in [-0.25, -0.2) is 9.37 Å². The number of benzene rings is 2. The second kappa shape index (κ2) is 4.69. The van der Waals surface area contributed by atoms with Gasteiger partial charge in [0.15, 0.2) is 0 Å². The quantitative estimate of drug-likeness (QED) is 0.674. The van der Waals surface area contributed by atoms with Crippen molar-refractivity contribution in [2.24, 2.45) is 0 Å². The van der Waals surface area contributed by atoms with E-state index < -0.39 is 0 Å². The minimum absolute atomic E-state index is 0.239. The Morgan fingerprint density at radius 3 is 2.32 bits per heavy atom. The van der Waals surface area contributed by atoms with Gasteiger partial charge in [-0.15, -0.1) is 0 Å². The molecule has 2 aromatic carbocycles. The molecule has 1 heterocycles. The smallest absolute Gasteiger partial charge is 0.144 e. The zero-order valence-corrected chi connectivity index (χ0v) is 10.5. The molecule has 2 nitrogen and oxygen atoms in total.